The Bertz CT molecular complexity index is 455. The molecule has 1 aromatic rings. The van der Waals surface area contributed by atoms with E-state index in [1.54, 1.807) is 6.07 Å². The van der Waals surface area contributed by atoms with E-state index in [0.717, 1.165) is 12.0 Å². The van der Waals surface area contributed by atoms with Gasteiger partial charge in [0.1, 0.15) is 11.6 Å². The van der Waals surface area contributed by atoms with Crippen LogP contribution in [0.25, 0.3) is 0 Å². The van der Waals surface area contributed by atoms with Crippen molar-refractivity contribution < 1.29 is 13.9 Å². The molecule has 1 amide bonds. The Morgan fingerprint density at radius 3 is 2.74 bits per heavy atom. The second kappa shape index (κ2) is 7.45. The minimum absolute atomic E-state index is 0.264. The third-order valence-electron chi connectivity index (χ3n) is 2.86. The average Bonchev–Trinajstić information content (AvgIpc) is 2.36. The van der Waals surface area contributed by atoms with E-state index in [1.165, 1.54) is 13.2 Å². The summed E-state index contributed by atoms with van der Waals surface area (Å²) in [6.07, 6.45) is 2.52. The Morgan fingerprint density at radius 2 is 2.16 bits per heavy atom. The minimum Gasteiger partial charge on any atom is -0.496 e. The van der Waals surface area contributed by atoms with Gasteiger partial charge in [-0.1, -0.05) is 6.42 Å². The molecule has 0 radical (unpaired) electrons. The number of carbonyl (C=O) groups is 1. The van der Waals surface area contributed by atoms with Gasteiger partial charge in [0.15, 0.2) is 0 Å². The largest absolute Gasteiger partial charge is 0.496 e. The second-order valence-corrected chi connectivity index (χ2v) is 5.18. The fourth-order valence-electron chi connectivity index (χ4n) is 1.83. The number of methoxy groups -OCH3 is 1. The first-order valence-electron chi connectivity index (χ1n) is 6.02. The lowest BCUT2D eigenvalue weighted by molar-refractivity contribution is -0.118. The molecular weight excluding hydrogens is 315 g/mol. The molecule has 1 unspecified atom stereocenters. The molecule has 0 bridgehead atoms. The molecule has 19 heavy (non-hydrogen) atoms. The van der Waals surface area contributed by atoms with Crippen molar-refractivity contribution in [2.45, 2.75) is 31.7 Å². The van der Waals surface area contributed by atoms with E-state index in [-0.39, 0.29) is 17.8 Å². The number of primary amides is 1. The summed E-state index contributed by atoms with van der Waals surface area (Å²) in [5.41, 5.74) is 11.9. The lowest BCUT2D eigenvalue weighted by Gasteiger charge is -2.16. The summed E-state index contributed by atoms with van der Waals surface area (Å²) < 4.78 is 18.9. The number of unbranched alkanes of at least 4 members (excludes halogenated alkanes) is 1. The molecule has 0 saturated carbocycles. The van der Waals surface area contributed by atoms with Crippen LogP contribution in [0, 0.1) is 5.82 Å². The van der Waals surface area contributed by atoms with Gasteiger partial charge in [0.2, 0.25) is 5.91 Å². The number of amides is 1. The smallest absolute Gasteiger partial charge is 0.217 e. The highest BCUT2D eigenvalue weighted by atomic mass is 79.9. The molecule has 0 saturated heterocycles. The van der Waals surface area contributed by atoms with Crippen LogP contribution in [0.5, 0.6) is 5.75 Å². The van der Waals surface area contributed by atoms with Crippen LogP contribution in [-0.2, 0) is 4.79 Å². The Labute approximate surface area is 120 Å². The van der Waals surface area contributed by atoms with Crippen molar-refractivity contribution in [1.82, 2.24) is 0 Å². The van der Waals surface area contributed by atoms with E-state index in [0.29, 0.717) is 29.5 Å². The monoisotopic (exact) mass is 332 g/mol. The highest BCUT2D eigenvalue weighted by molar-refractivity contribution is 9.10. The third kappa shape index (κ3) is 4.80. The Balaban J connectivity index is 2.67. The fourth-order valence-corrected chi connectivity index (χ4v) is 2.19. The first kappa shape index (κ1) is 15.9. The van der Waals surface area contributed by atoms with Crippen molar-refractivity contribution in [3.8, 4) is 5.75 Å². The topological polar surface area (TPSA) is 78.3 Å². The van der Waals surface area contributed by atoms with Gasteiger partial charge < -0.3 is 16.2 Å². The van der Waals surface area contributed by atoms with Crippen LogP contribution in [0.2, 0.25) is 0 Å². The third-order valence-corrected chi connectivity index (χ3v) is 3.47. The van der Waals surface area contributed by atoms with Crippen LogP contribution in [-0.4, -0.2) is 13.0 Å². The average molecular weight is 333 g/mol. The number of carbonyl (C=O) groups excluding carboxylic acids is 1. The van der Waals surface area contributed by atoms with Crippen molar-refractivity contribution in [2.75, 3.05) is 7.11 Å². The zero-order valence-electron chi connectivity index (χ0n) is 10.8. The molecule has 0 heterocycles. The molecule has 4 nitrogen and oxygen atoms in total. The van der Waals surface area contributed by atoms with E-state index in [2.05, 4.69) is 15.9 Å². The van der Waals surface area contributed by atoms with Gasteiger partial charge in [-0.3, -0.25) is 4.79 Å². The number of benzene rings is 1. The molecule has 6 heteroatoms. The van der Waals surface area contributed by atoms with E-state index in [1.807, 2.05) is 0 Å². The zero-order chi connectivity index (χ0) is 14.4. The SMILES string of the molecule is COc1cc(F)c(Br)cc1C(N)CCCCC(N)=O. The lowest BCUT2D eigenvalue weighted by Crippen LogP contribution is -2.13. The molecule has 0 aliphatic carbocycles. The molecule has 0 aliphatic heterocycles. The number of nitrogens with two attached hydrogens (primary N) is 2. The molecule has 1 aromatic carbocycles. The van der Waals surface area contributed by atoms with E-state index < -0.39 is 0 Å². The molecule has 1 atom stereocenters. The van der Waals surface area contributed by atoms with Crippen LogP contribution in [0.1, 0.15) is 37.3 Å². The van der Waals surface area contributed by atoms with Crippen LogP contribution in [0.3, 0.4) is 0 Å². The van der Waals surface area contributed by atoms with Crippen molar-refractivity contribution in [2.24, 2.45) is 11.5 Å². The summed E-state index contributed by atoms with van der Waals surface area (Å²) >= 11 is 3.13. The molecule has 1 rings (SSSR count). The quantitative estimate of drug-likeness (QED) is 0.753. The van der Waals surface area contributed by atoms with Gasteiger partial charge in [-0.2, -0.15) is 0 Å². The van der Waals surface area contributed by atoms with Gasteiger partial charge in [0, 0.05) is 24.1 Å². The first-order valence-corrected chi connectivity index (χ1v) is 6.81. The summed E-state index contributed by atoms with van der Waals surface area (Å²) in [6.45, 7) is 0. The van der Waals surface area contributed by atoms with Crippen LogP contribution < -0.4 is 16.2 Å². The summed E-state index contributed by atoms with van der Waals surface area (Å²) in [6, 6.07) is 2.68. The Kier molecular flexibility index (Phi) is 6.24. The summed E-state index contributed by atoms with van der Waals surface area (Å²) in [5, 5.41) is 0. The maximum atomic E-state index is 13.4. The summed E-state index contributed by atoms with van der Waals surface area (Å²) in [4.78, 5) is 10.6. The number of hydrogen-bond donors (Lipinski definition) is 2. The predicted molar refractivity (Wildman–Crippen MR) is 75.2 cm³/mol. The van der Waals surface area contributed by atoms with Gasteiger partial charge in [0.25, 0.3) is 0 Å². The zero-order valence-corrected chi connectivity index (χ0v) is 12.4. The molecule has 0 aromatic heterocycles. The van der Waals surface area contributed by atoms with E-state index in [4.69, 9.17) is 16.2 Å². The highest BCUT2D eigenvalue weighted by Crippen LogP contribution is 2.31. The Hall–Kier alpha value is -1.14. The minimum atomic E-state index is -0.387. The van der Waals surface area contributed by atoms with Crippen molar-refractivity contribution in [1.29, 1.82) is 0 Å². The van der Waals surface area contributed by atoms with Gasteiger partial charge in [-0.15, -0.1) is 0 Å². The standard InChI is InChI=1S/C13H18BrFN2O2/c1-19-12-7-10(15)9(14)6-8(12)11(16)4-2-3-5-13(17)18/h6-7,11H,2-5,16H2,1H3,(H2,17,18). The number of hydrogen-bond acceptors (Lipinski definition) is 3. The Morgan fingerprint density at radius 1 is 1.47 bits per heavy atom. The van der Waals surface area contributed by atoms with Gasteiger partial charge in [-0.05, 0) is 34.8 Å². The van der Waals surface area contributed by atoms with E-state index >= 15 is 0 Å². The first-order chi connectivity index (χ1) is 8.95. The van der Waals surface area contributed by atoms with Gasteiger partial charge in [-0.25, -0.2) is 4.39 Å². The number of ether oxygens (including phenoxy) is 1. The summed E-state index contributed by atoms with van der Waals surface area (Å²) in [7, 11) is 1.48. The molecular formula is C13H18BrFN2O2. The molecule has 0 aliphatic rings. The van der Waals surface area contributed by atoms with Crippen molar-refractivity contribution in [3.05, 3.63) is 28.0 Å². The fraction of sp³-hybridized carbons (Fsp3) is 0.462. The molecule has 4 N–H and O–H groups in total. The summed E-state index contributed by atoms with van der Waals surface area (Å²) in [5.74, 6) is -0.264. The predicted octanol–water partition coefficient (Wildman–Crippen LogP) is 2.64. The lowest BCUT2D eigenvalue weighted by atomic mass is 10.00. The van der Waals surface area contributed by atoms with Gasteiger partial charge in [0.05, 0.1) is 11.6 Å². The number of rotatable bonds is 7. The maximum absolute atomic E-state index is 13.4. The van der Waals surface area contributed by atoms with Crippen LogP contribution in [0.4, 0.5) is 4.39 Å². The van der Waals surface area contributed by atoms with Crippen molar-refractivity contribution >= 4 is 21.8 Å². The van der Waals surface area contributed by atoms with Crippen LogP contribution >= 0.6 is 15.9 Å². The van der Waals surface area contributed by atoms with Crippen molar-refractivity contribution in [3.63, 3.8) is 0 Å². The molecule has 0 fully saturated rings. The number of halogens is 2. The molecule has 0 spiro atoms. The van der Waals surface area contributed by atoms with E-state index in [9.17, 15) is 9.18 Å². The highest BCUT2D eigenvalue weighted by Gasteiger charge is 2.15. The van der Waals surface area contributed by atoms with Crippen LogP contribution in [0.15, 0.2) is 16.6 Å². The normalized spacial score (nSPS) is 12.2. The second-order valence-electron chi connectivity index (χ2n) is 4.33. The van der Waals surface area contributed by atoms with Gasteiger partial charge >= 0.3 is 0 Å². The maximum Gasteiger partial charge on any atom is 0.217 e. The molecule has 106 valence electrons.